The molecule has 0 bridgehead atoms. The first-order valence-electron chi connectivity index (χ1n) is 9.05. The second-order valence-corrected chi connectivity index (χ2v) is 7.78. The first-order valence-corrected chi connectivity index (χ1v) is 9.93. The number of likely N-dealkylation sites (tertiary alicyclic amines) is 1. The molecule has 160 valence electrons. The third kappa shape index (κ3) is 8.39. The zero-order valence-corrected chi connectivity index (χ0v) is 18.8. The summed E-state index contributed by atoms with van der Waals surface area (Å²) in [5.74, 6) is 0.415. The van der Waals surface area contributed by atoms with Crippen LogP contribution in [-0.2, 0) is 6.54 Å². The van der Waals surface area contributed by atoms with Gasteiger partial charge in [-0.25, -0.2) is 0 Å². The number of ether oxygens (including phenoxy) is 1. The number of nitrogens with zero attached hydrogens (tertiary/aromatic N) is 2. The molecule has 1 aliphatic rings. The van der Waals surface area contributed by atoms with Crippen LogP contribution in [0.5, 0.6) is 5.75 Å². The number of guanidine groups is 1. The Hall–Kier alpha value is -1.53. The number of halogens is 4. The van der Waals surface area contributed by atoms with Crippen molar-refractivity contribution in [3.63, 3.8) is 0 Å². The molecule has 1 aliphatic heterocycles. The lowest BCUT2D eigenvalue weighted by Crippen LogP contribution is -2.36. The molecule has 2 heterocycles. The molecule has 0 spiro atoms. The van der Waals surface area contributed by atoms with Gasteiger partial charge in [0.1, 0.15) is 5.75 Å². The Morgan fingerprint density at radius 3 is 2.69 bits per heavy atom. The topological polar surface area (TPSA) is 62.9 Å². The molecule has 3 rings (SSSR count). The van der Waals surface area contributed by atoms with Crippen LogP contribution in [0, 0.1) is 5.92 Å². The van der Waals surface area contributed by atoms with Crippen molar-refractivity contribution >= 4 is 47.0 Å². The molecular weight excluding hydrogens is 516 g/mol. The number of aliphatic imine (C=N–C) groups is 1. The highest BCUT2D eigenvalue weighted by molar-refractivity contribution is 14.0. The fourth-order valence-electron chi connectivity index (χ4n) is 3.22. The fraction of sp³-hybridized carbons (Fsp3) is 0.421. The molecular formula is C19H24F3IN4OS. The summed E-state index contributed by atoms with van der Waals surface area (Å²) in [7, 11) is 0. The lowest BCUT2D eigenvalue weighted by Gasteiger charge is -2.31. The van der Waals surface area contributed by atoms with Gasteiger partial charge in [0.15, 0.2) is 5.96 Å². The minimum absolute atomic E-state index is 0. The van der Waals surface area contributed by atoms with Gasteiger partial charge in [-0.3, -0.25) is 9.89 Å². The van der Waals surface area contributed by atoms with Crippen molar-refractivity contribution in [2.24, 2.45) is 16.6 Å². The van der Waals surface area contributed by atoms with Crippen LogP contribution in [0.4, 0.5) is 18.9 Å². The van der Waals surface area contributed by atoms with Gasteiger partial charge in [-0.1, -0.05) is 6.07 Å². The van der Waals surface area contributed by atoms with Gasteiger partial charge in [-0.05, 0) is 61.0 Å². The quantitative estimate of drug-likeness (QED) is 0.311. The summed E-state index contributed by atoms with van der Waals surface area (Å²) in [6.45, 7) is 3.67. The highest BCUT2D eigenvalue weighted by Crippen LogP contribution is 2.24. The standard InChI is InChI=1S/C19H23F3N4OS.HI/c20-19(21,22)27-16-7-5-15(6-8-16)25-18(23)24-11-14-3-1-9-26(12-14)13-17-4-2-10-28-17;/h2,4-8,10,14H,1,3,9,11-13H2,(H3,23,24,25);1H. The van der Waals surface area contributed by atoms with E-state index in [9.17, 15) is 13.2 Å². The Balaban J connectivity index is 0.00000300. The second-order valence-electron chi connectivity index (χ2n) is 6.75. The van der Waals surface area contributed by atoms with Gasteiger partial charge in [0.05, 0.1) is 0 Å². The average Bonchev–Trinajstić information content (AvgIpc) is 3.14. The smallest absolute Gasteiger partial charge is 0.406 e. The molecule has 0 aliphatic carbocycles. The number of anilines is 1. The number of piperidine rings is 1. The average molecular weight is 540 g/mol. The summed E-state index contributed by atoms with van der Waals surface area (Å²) in [4.78, 5) is 8.21. The van der Waals surface area contributed by atoms with Gasteiger partial charge in [0.25, 0.3) is 0 Å². The van der Waals surface area contributed by atoms with E-state index < -0.39 is 6.36 Å². The summed E-state index contributed by atoms with van der Waals surface area (Å²) in [5.41, 5.74) is 6.48. The molecule has 2 aromatic rings. The van der Waals surface area contributed by atoms with Crippen LogP contribution in [0.15, 0.2) is 46.8 Å². The minimum atomic E-state index is -4.70. The van der Waals surface area contributed by atoms with Crippen LogP contribution < -0.4 is 15.8 Å². The molecule has 29 heavy (non-hydrogen) atoms. The largest absolute Gasteiger partial charge is 0.573 e. The molecule has 3 N–H and O–H groups in total. The van der Waals surface area contributed by atoms with Crippen LogP contribution in [-0.4, -0.2) is 36.9 Å². The normalized spacial score (nSPS) is 18.2. The maximum atomic E-state index is 12.2. The Morgan fingerprint density at radius 2 is 2.03 bits per heavy atom. The lowest BCUT2D eigenvalue weighted by atomic mass is 9.98. The number of benzene rings is 1. The number of hydrogen-bond acceptors (Lipinski definition) is 4. The summed E-state index contributed by atoms with van der Waals surface area (Å²) in [6.07, 6.45) is -2.45. The number of thiophene rings is 1. The third-order valence-electron chi connectivity index (χ3n) is 4.44. The second kappa shape index (κ2) is 11.0. The Labute approximate surface area is 189 Å². The van der Waals surface area contributed by atoms with Crippen molar-refractivity contribution in [1.29, 1.82) is 0 Å². The zero-order valence-electron chi connectivity index (χ0n) is 15.7. The summed E-state index contributed by atoms with van der Waals surface area (Å²) in [5, 5.41) is 4.99. The van der Waals surface area contributed by atoms with E-state index in [1.165, 1.54) is 29.1 Å². The van der Waals surface area contributed by atoms with E-state index in [0.29, 0.717) is 18.2 Å². The van der Waals surface area contributed by atoms with Gasteiger partial charge >= 0.3 is 6.36 Å². The van der Waals surface area contributed by atoms with Crippen molar-refractivity contribution in [2.45, 2.75) is 25.7 Å². The SMILES string of the molecule is I.NC(=NCC1CCCN(Cc2cccs2)C1)Nc1ccc(OC(F)(F)F)cc1. The van der Waals surface area contributed by atoms with Gasteiger partial charge < -0.3 is 15.8 Å². The van der Waals surface area contributed by atoms with E-state index in [-0.39, 0.29) is 35.7 Å². The fourth-order valence-corrected chi connectivity index (χ4v) is 3.97. The van der Waals surface area contributed by atoms with E-state index in [4.69, 9.17) is 5.73 Å². The van der Waals surface area contributed by atoms with Crippen molar-refractivity contribution in [2.75, 3.05) is 25.0 Å². The van der Waals surface area contributed by atoms with Crippen molar-refractivity contribution in [3.8, 4) is 5.75 Å². The number of rotatable bonds is 6. The molecule has 1 unspecified atom stereocenters. The molecule has 1 aromatic carbocycles. The number of hydrogen-bond donors (Lipinski definition) is 2. The van der Waals surface area contributed by atoms with Gasteiger partial charge in [0, 0.05) is 30.2 Å². The number of nitrogens with one attached hydrogen (secondary N) is 1. The van der Waals surface area contributed by atoms with E-state index in [1.54, 1.807) is 11.3 Å². The summed E-state index contributed by atoms with van der Waals surface area (Å²) in [6, 6.07) is 9.61. The first kappa shape index (κ1) is 23.7. The molecule has 10 heteroatoms. The predicted octanol–water partition coefficient (Wildman–Crippen LogP) is 4.90. The number of nitrogens with two attached hydrogens (primary N) is 1. The number of alkyl halides is 3. The van der Waals surface area contributed by atoms with Crippen LogP contribution >= 0.6 is 35.3 Å². The predicted molar refractivity (Wildman–Crippen MR) is 121 cm³/mol. The van der Waals surface area contributed by atoms with Gasteiger partial charge in [-0.2, -0.15) is 0 Å². The molecule has 0 amide bonds. The Morgan fingerprint density at radius 1 is 1.28 bits per heavy atom. The molecule has 0 radical (unpaired) electrons. The molecule has 1 aromatic heterocycles. The lowest BCUT2D eigenvalue weighted by molar-refractivity contribution is -0.274. The highest BCUT2D eigenvalue weighted by atomic mass is 127. The third-order valence-corrected chi connectivity index (χ3v) is 5.30. The van der Waals surface area contributed by atoms with Crippen LogP contribution in [0.1, 0.15) is 17.7 Å². The molecule has 5 nitrogen and oxygen atoms in total. The van der Waals surface area contributed by atoms with Crippen LogP contribution in [0.2, 0.25) is 0 Å². The van der Waals surface area contributed by atoms with E-state index in [2.05, 4.69) is 37.5 Å². The molecule has 1 saturated heterocycles. The molecule has 0 saturated carbocycles. The monoisotopic (exact) mass is 540 g/mol. The van der Waals surface area contributed by atoms with Gasteiger partial charge in [-0.15, -0.1) is 48.5 Å². The van der Waals surface area contributed by atoms with Crippen molar-refractivity contribution in [3.05, 3.63) is 46.7 Å². The van der Waals surface area contributed by atoms with Crippen LogP contribution in [0.3, 0.4) is 0 Å². The summed E-state index contributed by atoms with van der Waals surface area (Å²) >= 11 is 1.77. The van der Waals surface area contributed by atoms with Crippen molar-refractivity contribution < 1.29 is 17.9 Å². The zero-order chi connectivity index (χ0) is 20.0. The minimum Gasteiger partial charge on any atom is -0.406 e. The maximum Gasteiger partial charge on any atom is 0.573 e. The Kier molecular flexibility index (Phi) is 9.03. The summed E-state index contributed by atoms with van der Waals surface area (Å²) < 4.78 is 40.4. The molecule has 1 fully saturated rings. The van der Waals surface area contributed by atoms with E-state index >= 15 is 0 Å². The van der Waals surface area contributed by atoms with Crippen molar-refractivity contribution in [1.82, 2.24) is 4.90 Å². The van der Waals surface area contributed by atoms with Crippen LogP contribution in [0.25, 0.3) is 0 Å². The maximum absolute atomic E-state index is 12.2. The van der Waals surface area contributed by atoms with E-state index in [0.717, 1.165) is 32.5 Å². The molecule has 1 atom stereocenters. The van der Waals surface area contributed by atoms with E-state index in [1.807, 2.05) is 0 Å². The van der Waals surface area contributed by atoms with Gasteiger partial charge in [0.2, 0.25) is 0 Å². The highest BCUT2D eigenvalue weighted by Gasteiger charge is 2.30. The first-order chi connectivity index (χ1) is 13.4. The Bertz CT molecular complexity index is 769.